The summed E-state index contributed by atoms with van der Waals surface area (Å²) in [6.07, 6.45) is 0.966. The molecule has 1 aliphatic heterocycles. The van der Waals surface area contributed by atoms with Gasteiger partial charge in [0.25, 0.3) is 0 Å². The Morgan fingerprint density at radius 1 is 1.11 bits per heavy atom. The molecule has 1 heterocycles. The quantitative estimate of drug-likeness (QED) is 0.710. The number of carbonyl (C=O) groups is 2. The second-order valence-electron chi connectivity index (χ2n) is 6.64. The maximum absolute atomic E-state index is 12.2. The van der Waals surface area contributed by atoms with Gasteiger partial charge in [0.2, 0.25) is 11.8 Å². The SMILES string of the molecule is NC(=O)C1CSCCN1NC(=O)CCc1ccc(OCc2ccccc2)cc1. The molecule has 0 bridgehead atoms. The molecular weight excluding hydrogens is 374 g/mol. The molecule has 1 fully saturated rings. The third kappa shape index (κ3) is 6.00. The maximum atomic E-state index is 12.2. The van der Waals surface area contributed by atoms with Crippen molar-refractivity contribution >= 4 is 23.6 Å². The van der Waals surface area contributed by atoms with E-state index in [1.165, 1.54) is 0 Å². The Morgan fingerprint density at radius 3 is 2.57 bits per heavy atom. The number of hydrogen-bond donors (Lipinski definition) is 2. The Balaban J connectivity index is 1.44. The van der Waals surface area contributed by atoms with Gasteiger partial charge in [-0.3, -0.25) is 15.0 Å². The average Bonchev–Trinajstić information content (AvgIpc) is 2.72. The Morgan fingerprint density at radius 2 is 1.86 bits per heavy atom. The van der Waals surface area contributed by atoms with Crippen LogP contribution in [0.25, 0.3) is 0 Å². The monoisotopic (exact) mass is 399 g/mol. The number of nitrogens with two attached hydrogens (primary N) is 1. The van der Waals surface area contributed by atoms with Crippen molar-refractivity contribution in [3.8, 4) is 5.75 Å². The average molecular weight is 400 g/mol. The molecule has 28 heavy (non-hydrogen) atoms. The van der Waals surface area contributed by atoms with Crippen LogP contribution >= 0.6 is 11.8 Å². The van der Waals surface area contributed by atoms with Crippen molar-refractivity contribution in [3.63, 3.8) is 0 Å². The number of rotatable bonds is 8. The number of hydrazine groups is 1. The van der Waals surface area contributed by atoms with E-state index in [1.807, 2.05) is 54.6 Å². The lowest BCUT2D eigenvalue weighted by atomic mass is 10.1. The first-order valence-corrected chi connectivity index (χ1v) is 10.5. The number of benzene rings is 2. The number of hydrogen-bond acceptors (Lipinski definition) is 5. The predicted molar refractivity (Wildman–Crippen MR) is 111 cm³/mol. The molecule has 0 saturated carbocycles. The molecule has 0 radical (unpaired) electrons. The van der Waals surface area contributed by atoms with Gasteiger partial charge in [-0.15, -0.1) is 0 Å². The van der Waals surface area contributed by atoms with E-state index >= 15 is 0 Å². The Kier molecular flexibility index (Phi) is 7.33. The zero-order valence-corrected chi connectivity index (χ0v) is 16.5. The minimum atomic E-state index is -0.441. The number of primary amides is 1. The number of amides is 2. The van der Waals surface area contributed by atoms with Crippen molar-refractivity contribution in [2.45, 2.75) is 25.5 Å². The highest BCUT2D eigenvalue weighted by atomic mass is 32.2. The van der Waals surface area contributed by atoms with Crippen molar-refractivity contribution in [1.29, 1.82) is 0 Å². The molecule has 0 aliphatic carbocycles. The van der Waals surface area contributed by atoms with Crippen LogP contribution in [0.5, 0.6) is 5.75 Å². The van der Waals surface area contributed by atoms with Crippen molar-refractivity contribution < 1.29 is 14.3 Å². The topological polar surface area (TPSA) is 84.7 Å². The first kappa shape index (κ1) is 20.2. The molecule has 6 nitrogen and oxygen atoms in total. The summed E-state index contributed by atoms with van der Waals surface area (Å²) in [7, 11) is 0. The summed E-state index contributed by atoms with van der Waals surface area (Å²) in [6, 6.07) is 17.3. The number of aryl methyl sites for hydroxylation is 1. The number of nitrogens with zero attached hydrogens (tertiary/aromatic N) is 1. The van der Waals surface area contributed by atoms with Crippen LogP contribution in [0.1, 0.15) is 17.5 Å². The molecule has 1 atom stereocenters. The van der Waals surface area contributed by atoms with Crippen molar-refractivity contribution in [2.24, 2.45) is 5.73 Å². The van der Waals surface area contributed by atoms with Crippen LogP contribution in [-0.4, -0.2) is 40.9 Å². The van der Waals surface area contributed by atoms with Gasteiger partial charge in [0, 0.05) is 24.5 Å². The fraction of sp³-hybridized carbons (Fsp3) is 0.333. The fourth-order valence-electron chi connectivity index (χ4n) is 2.94. The lowest BCUT2D eigenvalue weighted by Gasteiger charge is -2.33. The van der Waals surface area contributed by atoms with Gasteiger partial charge < -0.3 is 10.5 Å². The first-order valence-electron chi connectivity index (χ1n) is 9.30. The first-order chi connectivity index (χ1) is 13.6. The van der Waals surface area contributed by atoms with E-state index in [0.717, 1.165) is 22.6 Å². The second-order valence-corrected chi connectivity index (χ2v) is 7.79. The van der Waals surface area contributed by atoms with E-state index < -0.39 is 11.9 Å². The molecule has 0 spiro atoms. The van der Waals surface area contributed by atoms with Crippen LogP contribution in [0.2, 0.25) is 0 Å². The Bertz CT molecular complexity index is 783. The van der Waals surface area contributed by atoms with E-state index in [-0.39, 0.29) is 5.91 Å². The van der Waals surface area contributed by atoms with Crippen LogP contribution in [0.4, 0.5) is 0 Å². The molecule has 0 aromatic heterocycles. The molecule has 1 unspecified atom stereocenters. The highest BCUT2D eigenvalue weighted by Gasteiger charge is 2.28. The van der Waals surface area contributed by atoms with Crippen LogP contribution in [-0.2, 0) is 22.6 Å². The highest BCUT2D eigenvalue weighted by Crippen LogP contribution is 2.16. The van der Waals surface area contributed by atoms with Gasteiger partial charge in [0.05, 0.1) is 0 Å². The lowest BCUT2D eigenvalue weighted by molar-refractivity contribution is -0.130. The van der Waals surface area contributed by atoms with E-state index in [0.29, 0.717) is 31.7 Å². The molecule has 3 N–H and O–H groups in total. The van der Waals surface area contributed by atoms with Gasteiger partial charge in [-0.1, -0.05) is 42.5 Å². The summed E-state index contributed by atoms with van der Waals surface area (Å²) in [5.74, 6) is 1.77. The van der Waals surface area contributed by atoms with Gasteiger partial charge in [0.15, 0.2) is 0 Å². The van der Waals surface area contributed by atoms with Gasteiger partial charge in [-0.25, -0.2) is 5.01 Å². The normalized spacial score (nSPS) is 17.1. The molecule has 2 aromatic rings. The summed E-state index contributed by atoms with van der Waals surface area (Å²) in [5, 5.41) is 1.67. The molecule has 148 valence electrons. The lowest BCUT2D eigenvalue weighted by Crippen LogP contribution is -2.57. The summed E-state index contributed by atoms with van der Waals surface area (Å²) in [5.41, 5.74) is 10.4. The highest BCUT2D eigenvalue weighted by molar-refractivity contribution is 7.99. The van der Waals surface area contributed by atoms with Crippen LogP contribution < -0.4 is 15.9 Å². The van der Waals surface area contributed by atoms with Gasteiger partial charge in [-0.05, 0) is 29.7 Å². The molecule has 3 rings (SSSR count). The van der Waals surface area contributed by atoms with E-state index in [9.17, 15) is 9.59 Å². The van der Waals surface area contributed by atoms with E-state index in [1.54, 1.807) is 16.8 Å². The molecule has 2 aromatic carbocycles. The van der Waals surface area contributed by atoms with Crippen molar-refractivity contribution in [3.05, 3.63) is 65.7 Å². The number of nitrogens with one attached hydrogen (secondary N) is 1. The summed E-state index contributed by atoms with van der Waals surface area (Å²) < 4.78 is 5.78. The van der Waals surface area contributed by atoms with Crippen molar-refractivity contribution in [1.82, 2.24) is 10.4 Å². The molecular formula is C21H25N3O3S. The molecule has 1 aliphatic rings. The standard InChI is InChI=1S/C21H25N3O3S/c22-21(26)19-15-28-13-12-24(19)23-20(25)11-8-16-6-9-18(10-7-16)27-14-17-4-2-1-3-5-17/h1-7,9-10,19H,8,11-15H2,(H2,22,26)(H,23,25). The summed E-state index contributed by atoms with van der Waals surface area (Å²) in [6.45, 7) is 1.15. The predicted octanol–water partition coefficient (Wildman–Crippen LogP) is 2.13. The molecule has 7 heteroatoms. The zero-order chi connectivity index (χ0) is 19.8. The van der Waals surface area contributed by atoms with Gasteiger partial charge in [0.1, 0.15) is 18.4 Å². The number of thioether (sulfide) groups is 1. The Labute approximate surface area is 169 Å². The smallest absolute Gasteiger partial charge is 0.237 e. The van der Waals surface area contributed by atoms with Crippen molar-refractivity contribution in [2.75, 3.05) is 18.1 Å². The van der Waals surface area contributed by atoms with E-state index in [2.05, 4.69) is 5.43 Å². The Hall–Kier alpha value is -2.51. The number of ether oxygens (including phenoxy) is 1. The fourth-order valence-corrected chi connectivity index (χ4v) is 4.00. The third-order valence-corrected chi connectivity index (χ3v) is 5.56. The van der Waals surface area contributed by atoms with Crippen LogP contribution in [0.3, 0.4) is 0 Å². The summed E-state index contributed by atoms with van der Waals surface area (Å²) >= 11 is 1.67. The summed E-state index contributed by atoms with van der Waals surface area (Å²) in [4.78, 5) is 23.7. The number of carbonyl (C=O) groups excluding carboxylic acids is 2. The van der Waals surface area contributed by atoms with Crippen LogP contribution in [0.15, 0.2) is 54.6 Å². The minimum absolute atomic E-state index is 0.109. The van der Waals surface area contributed by atoms with E-state index in [4.69, 9.17) is 10.5 Å². The molecule has 2 amide bonds. The largest absolute Gasteiger partial charge is 0.489 e. The van der Waals surface area contributed by atoms with Gasteiger partial charge >= 0.3 is 0 Å². The van der Waals surface area contributed by atoms with Crippen LogP contribution in [0, 0.1) is 0 Å². The maximum Gasteiger partial charge on any atom is 0.237 e. The molecule has 1 saturated heterocycles. The minimum Gasteiger partial charge on any atom is -0.489 e. The van der Waals surface area contributed by atoms with Gasteiger partial charge in [-0.2, -0.15) is 11.8 Å². The zero-order valence-electron chi connectivity index (χ0n) is 15.7. The second kappa shape index (κ2) is 10.1. The third-order valence-electron chi connectivity index (χ3n) is 4.54.